The minimum atomic E-state index is 0. The second kappa shape index (κ2) is 6.98. The summed E-state index contributed by atoms with van der Waals surface area (Å²) in [5, 5.41) is 0. The van der Waals surface area contributed by atoms with Crippen LogP contribution >= 0.6 is 24.2 Å². The molecule has 19 heavy (non-hydrogen) atoms. The van der Waals surface area contributed by atoms with Crippen LogP contribution in [0.3, 0.4) is 0 Å². The molecule has 1 saturated heterocycles. The Hall–Kier alpha value is -0.220. The van der Waals surface area contributed by atoms with E-state index >= 15 is 0 Å². The van der Waals surface area contributed by atoms with Crippen LogP contribution in [-0.4, -0.2) is 36.3 Å². The van der Waals surface area contributed by atoms with Crippen molar-refractivity contribution in [3.05, 3.63) is 30.3 Å². The van der Waals surface area contributed by atoms with E-state index in [9.17, 15) is 0 Å². The zero-order valence-corrected chi connectivity index (χ0v) is 12.8. The zero-order chi connectivity index (χ0) is 12.4. The van der Waals surface area contributed by atoms with E-state index in [1.165, 1.54) is 43.1 Å². The highest BCUT2D eigenvalue weighted by molar-refractivity contribution is 7.99. The molecular formula is C15H23ClN2S. The summed E-state index contributed by atoms with van der Waals surface area (Å²) in [4.78, 5) is 4.00. The Labute approximate surface area is 126 Å². The molecule has 3 rings (SSSR count). The Balaban J connectivity index is 0.00000133. The van der Waals surface area contributed by atoms with E-state index in [4.69, 9.17) is 5.73 Å². The molecule has 0 spiro atoms. The molecule has 3 unspecified atom stereocenters. The van der Waals surface area contributed by atoms with Gasteiger partial charge in [-0.3, -0.25) is 0 Å². The van der Waals surface area contributed by atoms with E-state index in [0.29, 0.717) is 6.04 Å². The molecule has 1 aromatic rings. The van der Waals surface area contributed by atoms with Crippen molar-refractivity contribution < 1.29 is 0 Å². The molecule has 1 saturated carbocycles. The van der Waals surface area contributed by atoms with Crippen LogP contribution in [0.5, 0.6) is 0 Å². The van der Waals surface area contributed by atoms with Crippen LogP contribution < -0.4 is 5.73 Å². The highest BCUT2D eigenvalue weighted by Crippen LogP contribution is 2.37. The van der Waals surface area contributed by atoms with E-state index in [1.54, 1.807) is 0 Å². The first kappa shape index (κ1) is 15.2. The molecule has 0 aromatic heterocycles. The van der Waals surface area contributed by atoms with E-state index in [0.717, 1.165) is 11.8 Å². The lowest BCUT2D eigenvalue weighted by atomic mass is 9.98. The van der Waals surface area contributed by atoms with Crippen molar-refractivity contribution in [1.29, 1.82) is 0 Å². The molecule has 1 heterocycles. The maximum absolute atomic E-state index is 6.17. The molecule has 106 valence electrons. The Morgan fingerprint density at radius 2 is 1.95 bits per heavy atom. The summed E-state index contributed by atoms with van der Waals surface area (Å²) in [5.41, 5.74) is 6.17. The first-order chi connectivity index (χ1) is 8.83. The smallest absolute Gasteiger partial charge is 0.0108 e. The third kappa shape index (κ3) is 3.66. The number of hydrogen-bond acceptors (Lipinski definition) is 3. The third-order valence-electron chi connectivity index (χ3n) is 4.41. The molecule has 4 heteroatoms. The van der Waals surface area contributed by atoms with Gasteiger partial charge in [-0.2, -0.15) is 0 Å². The summed E-state index contributed by atoms with van der Waals surface area (Å²) < 4.78 is 0. The molecule has 2 fully saturated rings. The number of halogens is 1. The van der Waals surface area contributed by atoms with Crippen LogP contribution in [0.15, 0.2) is 35.2 Å². The predicted octanol–water partition coefficient (Wildman–Crippen LogP) is 2.87. The molecule has 1 aliphatic carbocycles. The summed E-state index contributed by atoms with van der Waals surface area (Å²) in [6.45, 7) is 3.73. The van der Waals surface area contributed by atoms with E-state index < -0.39 is 0 Å². The van der Waals surface area contributed by atoms with Crippen molar-refractivity contribution in [2.24, 2.45) is 17.6 Å². The maximum Gasteiger partial charge on any atom is 0.0108 e. The van der Waals surface area contributed by atoms with Crippen molar-refractivity contribution >= 4 is 24.2 Å². The van der Waals surface area contributed by atoms with Gasteiger partial charge < -0.3 is 10.6 Å². The van der Waals surface area contributed by atoms with Crippen molar-refractivity contribution in [2.75, 3.05) is 25.4 Å². The van der Waals surface area contributed by atoms with Crippen LogP contribution in [0.1, 0.15) is 12.8 Å². The maximum atomic E-state index is 6.17. The lowest BCUT2D eigenvalue weighted by molar-refractivity contribution is 0.324. The van der Waals surface area contributed by atoms with Gasteiger partial charge in [0, 0.05) is 36.3 Å². The predicted molar refractivity (Wildman–Crippen MR) is 85.0 cm³/mol. The van der Waals surface area contributed by atoms with Gasteiger partial charge in [-0.25, -0.2) is 0 Å². The molecule has 2 N–H and O–H groups in total. The number of nitrogens with two attached hydrogens (primary N) is 1. The van der Waals surface area contributed by atoms with Crippen LogP contribution in [0.25, 0.3) is 0 Å². The highest BCUT2D eigenvalue weighted by Gasteiger charge is 2.40. The minimum Gasteiger partial charge on any atom is -0.327 e. The van der Waals surface area contributed by atoms with Crippen molar-refractivity contribution in [3.8, 4) is 0 Å². The van der Waals surface area contributed by atoms with Crippen molar-refractivity contribution in [2.45, 2.75) is 23.8 Å². The number of fused-ring (bicyclic) bond motifs is 1. The largest absolute Gasteiger partial charge is 0.327 e. The van der Waals surface area contributed by atoms with Gasteiger partial charge in [-0.1, -0.05) is 18.2 Å². The zero-order valence-electron chi connectivity index (χ0n) is 11.2. The monoisotopic (exact) mass is 298 g/mol. The average molecular weight is 299 g/mol. The first-order valence-corrected chi connectivity index (χ1v) is 7.97. The molecule has 0 radical (unpaired) electrons. The van der Waals surface area contributed by atoms with E-state index in [1.807, 2.05) is 11.8 Å². The van der Waals surface area contributed by atoms with Crippen LogP contribution in [0.2, 0.25) is 0 Å². The summed E-state index contributed by atoms with van der Waals surface area (Å²) in [7, 11) is 0. The molecular weight excluding hydrogens is 276 g/mol. The van der Waals surface area contributed by atoms with E-state index in [2.05, 4.69) is 35.2 Å². The number of nitrogens with zero attached hydrogens (tertiary/aromatic N) is 1. The topological polar surface area (TPSA) is 29.3 Å². The van der Waals surface area contributed by atoms with Crippen LogP contribution in [-0.2, 0) is 0 Å². The fraction of sp³-hybridized carbons (Fsp3) is 0.600. The molecule has 2 aliphatic rings. The van der Waals surface area contributed by atoms with Crippen molar-refractivity contribution in [3.63, 3.8) is 0 Å². The summed E-state index contributed by atoms with van der Waals surface area (Å²) in [6, 6.07) is 11.2. The van der Waals surface area contributed by atoms with Crippen LogP contribution in [0.4, 0.5) is 0 Å². The van der Waals surface area contributed by atoms with Crippen LogP contribution in [0, 0.1) is 11.8 Å². The summed E-state index contributed by atoms with van der Waals surface area (Å²) in [6.07, 6.45) is 2.61. The molecule has 1 aliphatic heterocycles. The number of benzene rings is 1. The van der Waals surface area contributed by atoms with Gasteiger partial charge in [0.25, 0.3) is 0 Å². The van der Waals surface area contributed by atoms with Crippen molar-refractivity contribution in [1.82, 2.24) is 4.90 Å². The van der Waals surface area contributed by atoms with Gasteiger partial charge in [0.1, 0.15) is 0 Å². The normalized spacial score (nSPS) is 30.1. The fourth-order valence-electron chi connectivity index (χ4n) is 3.39. The molecule has 1 aromatic carbocycles. The molecule has 3 atom stereocenters. The molecule has 2 nitrogen and oxygen atoms in total. The molecule has 0 amide bonds. The lowest BCUT2D eigenvalue weighted by Gasteiger charge is -2.17. The highest BCUT2D eigenvalue weighted by atomic mass is 35.5. The number of likely N-dealkylation sites (tertiary alicyclic amines) is 1. The summed E-state index contributed by atoms with van der Waals surface area (Å²) in [5.74, 6) is 2.87. The van der Waals surface area contributed by atoms with Gasteiger partial charge in [-0.15, -0.1) is 24.2 Å². The number of thioether (sulfide) groups is 1. The second-order valence-electron chi connectivity index (χ2n) is 5.59. The number of rotatable bonds is 4. The SMILES string of the molecule is Cl.NC1CCC2CN(CCSc3ccccc3)CC12. The summed E-state index contributed by atoms with van der Waals surface area (Å²) >= 11 is 1.96. The van der Waals surface area contributed by atoms with Gasteiger partial charge >= 0.3 is 0 Å². The fourth-order valence-corrected chi connectivity index (χ4v) is 4.33. The van der Waals surface area contributed by atoms with Gasteiger partial charge in [0.2, 0.25) is 0 Å². The number of hydrogen-bond donors (Lipinski definition) is 1. The molecule has 0 bridgehead atoms. The minimum absolute atomic E-state index is 0. The quantitative estimate of drug-likeness (QED) is 0.867. The Kier molecular flexibility index (Phi) is 5.58. The lowest BCUT2D eigenvalue weighted by Crippen LogP contribution is -2.31. The van der Waals surface area contributed by atoms with Gasteiger partial charge in [0.15, 0.2) is 0 Å². The standard InChI is InChI=1S/C15H22N2S.ClH/c16-15-7-6-12-10-17(11-14(12)15)8-9-18-13-4-2-1-3-5-13;/h1-5,12,14-15H,6-11,16H2;1H. The van der Waals surface area contributed by atoms with Gasteiger partial charge in [-0.05, 0) is 36.8 Å². The average Bonchev–Trinajstić information content (AvgIpc) is 2.94. The first-order valence-electron chi connectivity index (χ1n) is 6.99. The Morgan fingerprint density at radius 1 is 1.16 bits per heavy atom. The van der Waals surface area contributed by atoms with E-state index in [-0.39, 0.29) is 12.4 Å². The third-order valence-corrected chi connectivity index (χ3v) is 5.40. The Bertz CT molecular complexity index is 387. The second-order valence-corrected chi connectivity index (χ2v) is 6.75. The van der Waals surface area contributed by atoms with Gasteiger partial charge in [0.05, 0.1) is 0 Å². The Morgan fingerprint density at radius 3 is 2.68 bits per heavy atom.